The molecule has 0 atom stereocenters. The number of ether oxygens (including phenoxy) is 2. The largest absolute Gasteiger partial charge is 0.453 e. The van der Waals surface area contributed by atoms with Crippen molar-refractivity contribution in [1.82, 2.24) is 20.6 Å². The predicted molar refractivity (Wildman–Crippen MR) is 101 cm³/mol. The van der Waals surface area contributed by atoms with Crippen molar-refractivity contribution in [2.75, 3.05) is 25.0 Å². The van der Waals surface area contributed by atoms with Crippen LogP contribution in [0, 0.1) is 13.8 Å². The van der Waals surface area contributed by atoms with Gasteiger partial charge in [-0.3, -0.25) is 10.1 Å². The lowest BCUT2D eigenvalue weighted by molar-refractivity contribution is -0.124. The second kappa shape index (κ2) is 8.98. The summed E-state index contributed by atoms with van der Waals surface area (Å²) in [5.74, 6) is -0.197. The van der Waals surface area contributed by atoms with E-state index in [1.54, 1.807) is 34.6 Å². The number of anilines is 1. The van der Waals surface area contributed by atoms with E-state index < -0.39 is 11.7 Å². The number of nitrogens with zero attached hydrogens (tertiary/aromatic N) is 2. The Morgan fingerprint density at radius 2 is 1.74 bits per heavy atom. The zero-order chi connectivity index (χ0) is 20.0. The fourth-order valence-electron chi connectivity index (χ4n) is 2.70. The quantitative estimate of drug-likeness (QED) is 0.713. The number of rotatable bonds is 5. The first-order chi connectivity index (χ1) is 12.6. The Morgan fingerprint density at radius 1 is 1.15 bits per heavy atom. The van der Waals surface area contributed by atoms with Crippen LogP contribution in [0.2, 0.25) is 0 Å². The van der Waals surface area contributed by atoms with Crippen LogP contribution in [0.5, 0.6) is 6.01 Å². The van der Waals surface area contributed by atoms with Gasteiger partial charge in [0, 0.05) is 6.04 Å². The fraction of sp³-hybridized carbons (Fsp3) is 0.667. The number of hydrogen-bond acceptors (Lipinski definition) is 7. The molecule has 0 saturated carbocycles. The summed E-state index contributed by atoms with van der Waals surface area (Å²) in [6.45, 7) is 10.5. The lowest BCUT2D eigenvalue weighted by Crippen LogP contribution is -2.44. The van der Waals surface area contributed by atoms with Gasteiger partial charge < -0.3 is 20.1 Å². The SMILES string of the molecule is Cc1nc(OCC(=O)NC2CCNCC2)nc(C)c1NC(=O)OC(C)(C)C. The molecule has 2 amide bonds. The third-order valence-electron chi connectivity index (χ3n) is 3.91. The summed E-state index contributed by atoms with van der Waals surface area (Å²) in [6, 6.07) is 0.271. The Hall–Kier alpha value is -2.42. The summed E-state index contributed by atoms with van der Waals surface area (Å²) in [6.07, 6.45) is 1.24. The lowest BCUT2D eigenvalue weighted by Gasteiger charge is -2.23. The molecule has 1 fully saturated rings. The van der Waals surface area contributed by atoms with Crippen molar-refractivity contribution in [2.45, 2.75) is 59.1 Å². The average molecular weight is 379 g/mol. The highest BCUT2D eigenvalue weighted by Crippen LogP contribution is 2.20. The summed E-state index contributed by atoms with van der Waals surface area (Å²) in [5.41, 5.74) is 0.928. The van der Waals surface area contributed by atoms with E-state index in [0.717, 1.165) is 25.9 Å². The van der Waals surface area contributed by atoms with E-state index in [1.807, 2.05) is 0 Å². The highest BCUT2D eigenvalue weighted by Gasteiger charge is 2.20. The van der Waals surface area contributed by atoms with Crippen molar-refractivity contribution in [3.8, 4) is 6.01 Å². The molecule has 0 bridgehead atoms. The second-order valence-corrected chi connectivity index (χ2v) is 7.56. The van der Waals surface area contributed by atoms with Gasteiger partial charge in [0.25, 0.3) is 5.91 Å². The van der Waals surface area contributed by atoms with E-state index >= 15 is 0 Å². The molecular weight excluding hydrogens is 350 g/mol. The zero-order valence-corrected chi connectivity index (χ0v) is 16.6. The van der Waals surface area contributed by atoms with Crippen molar-refractivity contribution in [3.63, 3.8) is 0 Å². The van der Waals surface area contributed by atoms with Gasteiger partial charge >= 0.3 is 12.1 Å². The van der Waals surface area contributed by atoms with Crippen molar-refractivity contribution >= 4 is 17.7 Å². The highest BCUT2D eigenvalue weighted by molar-refractivity contribution is 5.86. The molecule has 0 spiro atoms. The number of piperidine rings is 1. The number of amides is 2. The van der Waals surface area contributed by atoms with Gasteiger partial charge in [0.15, 0.2) is 6.61 Å². The Bertz CT molecular complexity index is 658. The molecule has 2 heterocycles. The fourth-order valence-corrected chi connectivity index (χ4v) is 2.70. The van der Waals surface area contributed by atoms with Crippen LogP contribution >= 0.6 is 0 Å². The molecule has 1 saturated heterocycles. The molecule has 9 nitrogen and oxygen atoms in total. The van der Waals surface area contributed by atoms with Crippen LogP contribution in [-0.4, -0.2) is 53.3 Å². The third-order valence-corrected chi connectivity index (χ3v) is 3.91. The minimum atomic E-state index is -0.600. The van der Waals surface area contributed by atoms with Gasteiger partial charge in [-0.15, -0.1) is 0 Å². The maximum atomic E-state index is 12.0. The summed E-state index contributed by atoms with van der Waals surface area (Å²) >= 11 is 0. The number of aryl methyl sites for hydroxylation is 2. The summed E-state index contributed by atoms with van der Waals surface area (Å²) in [5, 5.41) is 8.85. The van der Waals surface area contributed by atoms with Gasteiger partial charge in [-0.05, 0) is 60.5 Å². The van der Waals surface area contributed by atoms with Gasteiger partial charge in [-0.25, -0.2) is 4.79 Å². The molecule has 2 rings (SSSR count). The van der Waals surface area contributed by atoms with Crippen LogP contribution in [0.25, 0.3) is 0 Å². The Balaban J connectivity index is 1.91. The van der Waals surface area contributed by atoms with Crippen molar-refractivity contribution in [2.24, 2.45) is 0 Å². The van der Waals surface area contributed by atoms with Gasteiger partial charge in [0.05, 0.1) is 17.1 Å². The molecule has 27 heavy (non-hydrogen) atoms. The average Bonchev–Trinajstić information content (AvgIpc) is 2.55. The summed E-state index contributed by atoms with van der Waals surface area (Å²) in [7, 11) is 0. The van der Waals surface area contributed by atoms with Crippen LogP contribution in [0.1, 0.15) is 45.0 Å². The molecule has 1 aliphatic heterocycles. The molecule has 0 aromatic carbocycles. The highest BCUT2D eigenvalue weighted by atomic mass is 16.6. The minimum absolute atomic E-state index is 0.0974. The number of aromatic nitrogens is 2. The zero-order valence-electron chi connectivity index (χ0n) is 16.6. The maximum absolute atomic E-state index is 12.0. The molecule has 0 unspecified atom stereocenters. The third kappa shape index (κ3) is 7.01. The van der Waals surface area contributed by atoms with Crippen LogP contribution < -0.4 is 20.7 Å². The predicted octanol–water partition coefficient (Wildman–Crippen LogP) is 1.69. The smallest absolute Gasteiger partial charge is 0.412 e. The first kappa shape index (κ1) is 20.9. The summed E-state index contributed by atoms with van der Waals surface area (Å²) in [4.78, 5) is 32.4. The molecular formula is C18H29N5O4. The topological polar surface area (TPSA) is 114 Å². The van der Waals surface area contributed by atoms with Crippen molar-refractivity contribution in [3.05, 3.63) is 11.4 Å². The molecule has 1 aromatic rings. The Labute approximate surface area is 159 Å². The van der Waals surface area contributed by atoms with Crippen LogP contribution in [-0.2, 0) is 9.53 Å². The first-order valence-corrected chi connectivity index (χ1v) is 9.12. The number of carbonyl (C=O) groups is 2. The molecule has 3 N–H and O–H groups in total. The molecule has 9 heteroatoms. The molecule has 0 aliphatic carbocycles. The summed E-state index contributed by atoms with van der Waals surface area (Å²) < 4.78 is 10.7. The van der Waals surface area contributed by atoms with Crippen LogP contribution in [0.4, 0.5) is 10.5 Å². The Morgan fingerprint density at radius 3 is 2.30 bits per heavy atom. The van der Waals surface area contributed by atoms with Gasteiger partial charge in [0.2, 0.25) is 0 Å². The van der Waals surface area contributed by atoms with E-state index in [4.69, 9.17) is 9.47 Å². The van der Waals surface area contributed by atoms with Gasteiger partial charge in [-0.1, -0.05) is 0 Å². The number of nitrogens with one attached hydrogen (secondary N) is 3. The first-order valence-electron chi connectivity index (χ1n) is 9.12. The monoisotopic (exact) mass is 379 g/mol. The van der Waals surface area contributed by atoms with Crippen molar-refractivity contribution in [1.29, 1.82) is 0 Å². The minimum Gasteiger partial charge on any atom is -0.453 e. The van der Waals surface area contributed by atoms with E-state index in [1.165, 1.54) is 0 Å². The molecule has 1 aliphatic rings. The normalized spacial score (nSPS) is 15.1. The van der Waals surface area contributed by atoms with E-state index in [2.05, 4.69) is 25.9 Å². The van der Waals surface area contributed by atoms with E-state index in [0.29, 0.717) is 17.1 Å². The van der Waals surface area contributed by atoms with Crippen LogP contribution in [0.3, 0.4) is 0 Å². The number of hydrogen-bond donors (Lipinski definition) is 3. The van der Waals surface area contributed by atoms with Gasteiger partial charge in [0.1, 0.15) is 5.60 Å². The maximum Gasteiger partial charge on any atom is 0.412 e. The standard InChI is InChI=1S/C18H29N5O4/c1-11-15(23-17(25)27-18(3,4)5)12(2)21-16(20-11)26-10-14(24)22-13-6-8-19-9-7-13/h13,19H,6-10H2,1-5H3,(H,22,24)(H,23,25). The van der Waals surface area contributed by atoms with E-state index in [-0.39, 0.29) is 24.6 Å². The second-order valence-electron chi connectivity index (χ2n) is 7.56. The van der Waals surface area contributed by atoms with Crippen molar-refractivity contribution < 1.29 is 19.1 Å². The Kier molecular flexibility index (Phi) is 6.95. The number of carbonyl (C=O) groups excluding carboxylic acids is 2. The molecule has 0 radical (unpaired) electrons. The lowest BCUT2D eigenvalue weighted by atomic mass is 10.1. The van der Waals surface area contributed by atoms with Gasteiger partial charge in [-0.2, -0.15) is 9.97 Å². The van der Waals surface area contributed by atoms with E-state index in [9.17, 15) is 9.59 Å². The molecule has 150 valence electrons. The van der Waals surface area contributed by atoms with Crippen LogP contribution in [0.15, 0.2) is 0 Å². The molecule has 1 aromatic heterocycles.